The van der Waals surface area contributed by atoms with E-state index in [2.05, 4.69) is 34.4 Å². The summed E-state index contributed by atoms with van der Waals surface area (Å²) in [5, 5.41) is 3.21. The second-order valence-electron chi connectivity index (χ2n) is 3.13. The number of allylic oxidation sites excluding steroid dienone is 2. The molecule has 0 aliphatic heterocycles. The van der Waals surface area contributed by atoms with Crippen LogP contribution in [0.25, 0.3) is 0 Å². The Morgan fingerprint density at radius 3 is 3.08 bits per heavy atom. The van der Waals surface area contributed by atoms with Crippen LogP contribution >= 0.6 is 11.3 Å². The maximum Gasteiger partial charge on any atom is 0.0897 e. The second kappa shape index (κ2) is 3.76. The van der Waals surface area contributed by atoms with E-state index in [4.69, 9.17) is 0 Å². The predicted molar refractivity (Wildman–Crippen MR) is 55.6 cm³/mol. The molecule has 0 aromatic carbocycles. The minimum Gasteiger partial charge on any atom is -0.246 e. The van der Waals surface area contributed by atoms with Crippen LogP contribution in [-0.4, -0.2) is 4.98 Å². The highest BCUT2D eigenvalue weighted by Crippen LogP contribution is 2.14. The summed E-state index contributed by atoms with van der Waals surface area (Å²) in [4.78, 5) is 4.35. The molecule has 0 bridgehead atoms. The molecule has 0 saturated heterocycles. The number of aromatic nitrogens is 1. The van der Waals surface area contributed by atoms with Crippen molar-refractivity contribution in [2.75, 3.05) is 0 Å². The van der Waals surface area contributed by atoms with Crippen molar-refractivity contribution in [1.29, 1.82) is 0 Å². The van der Waals surface area contributed by atoms with Crippen molar-refractivity contribution in [2.24, 2.45) is 5.92 Å². The molecule has 66 valence electrons. The van der Waals surface area contributed by atoms with Gasteiger partial charge in [-0.3, -0.25) is 0 Å². The summed E-state index contributed by atoms with van der Waals surface area (Å²) < 4.78 is 0. The molecule has 0 amide bonds. The fourth-order valence-corrected chi connectivity index (χ4v) is 1.75. The molecule has 1 nitrogen and oxygen atoms in total. The van der Waals surface area contributed by atoms with Gasteiger partial charge in [-0.1, -0.05) is 24.0 Å². The Labute approximate surface area is 82.5 Å². The summed E-state index contributed by atoms with van der Waals surface area (Å²) in [5.41, 5.74) is 1.11. The fourth-order valence-electron chi connectivity index (χ4n) is 1.14. The number of hydrogen-bond acceptors (Lipinski definition) is 2. The average molecular weight is 189 g/mol. The molecule has 2 rings (SSSR count). The zero-order valence-electron chi connectivity index (χ0n) is 7.58. The van der Waals surface area contributed by atoms with Crippen molar-refractivity contribution < 1.29 is 0 Å². The number of thiazole rings is 1. The van der Waals surface area contributed by atoms with Gasteiger partial charge in [-0.05, 0) is 13.3 Å². The van der Waals surface area contributed by atoms with E-state index in [9.17, 15) is 0 Å². The van der Waals surface area contributed by atoms with E-state index in [0.717, 1.165) is 23.5 Å². The molecular formula is C11H11NS. The van der Waals surface area contributed by atoms with Crippen molar-refractivity contribution in [3.05, 3.63) is 28.2 Å². The summed E-state index contributed by atoms with van der Waals surface area (Å²) in [6.45, 7) is 2.02. The smallest absolute Gasteiger partial charge is 0.0897 e. The number of hydrogen-bond donors (Lipinski definition) is 0. The maximum absolute atomic E-state index is 4.35. The molecule has 0 radical (unpaired) electrons. The molecule has 0 fully saturated rings. The Morgan fingerprint density at radius 2 is 2.54 bits per heavy atom. The van der Waals surface area contributed by atoms with Crippen LogP contribution in [0.5, 0.6) is 0 Å². The van der Waals surface area contributed by atoms with E-state index in [1.165, 1.54) is 0 Å². The molecule has 1 aromatic rings. The van der Waals surface area contributed by atoms with Gasteiger partial charge in [0, 0.05) is 11.3 Å². The summed E-state index contributed by atoms with van der Waals surface area (Å²) in [6.07, 6.45) is 6.24. The molecule has 1 aliphatic carbocycles. The Bertz CT molecular complexity index is 378. The van der Waals surface area contributed by atoms with Gasteiger partial charge >= 0.3 is 0 Å². The quantitative estimate of drug-likeness (QED) is 0.489. The van der Waals surface area contributed by atoms with Gasteiger partial charge in [0.15, 0.2) is 0 Å². The van der Waals surface area contributed by atoms with Crippen LogP contribution in [0.4, 0.5) is 0 Å². The van der Waals surface area contributed by atoms with E-state index >= 15 is 0 Å². The molecule has 0 spiro atoms. The monoisotopic (exact) mass is 189 g/mol. The molecule has 13 heavy (non-hydrogen) atoms. The third-order valence-electron chi connectivity index (χ3n) is 1.98. The van der Waals surface area contributed by atoms with Gasteiger partial charge in [-0.25, -0.2) is 4.98 Å². The summed E-state index contributed by atoms with van der Waals surface area (Å²) in [7, 11) is 0. The Kier molecular flexibility index (Phi) is 2.47. The van der Waals surface area contributed by atoms with Gasteiger partial charge in [0.2, 0.25) is 0 Å². The molecular weight excluding hydrogens is 178 g/mol. The predicted octanol–water partition coefficient (Wildman–Crippen LogP) is 2.57. The van der Waals surface area contributed by atoms with E-state index in [1.807, 2.05) is 6.92 Å². The minimum atomic E-state index is 0.514. The molecule has 1 aromatic heterocycles. The molecule has 1 unspecified atom stereocenters. The highest BCUT2D eigenvalue weighted by molar-refractivity contribution is 7.09. The topological polar surface area (TPSA) is 12.9 Å². The lowest BCUT2D eigenvalue weighted by Gasteiger charge is -2.08. The lowest BCUT2D eigenvalue weighted by molar-refractivity contribution is 0.786. The van der Waals surface area contributed by atoms with E-state index in [1.54, 1.807) is 11.3 Å². The normalized spacial score (nSPS) is 19.0. The Balaban J connectivity index is 1.90. The first-order valence-electron chi connectivity index (χ1n) is 4.40. The van der Waals surface area contributed by atoms with Crippen LogP contribution in [0.3, 0.4) is 0 Å². The first kappa shape index (κ1) is 8.52. The van der Waals surface area contributed by atoms with Crippen LogP contribution in [0.2, 0.25) is 0 Å². The summed E-state index contributed by atoms with van der Waals surface area (Å²) >= 11 is 1.69. The minimum absolute atomic E-state index is 0.514. The largest absolute Gasteiger partial charge is 0.246 e. The third kappa shape index (κ3) is 2.19. The van der Waals surface area contributed by atoms with Gasteiger partial charge in [-0.15, -0.1) is 11.3 Å². The van der Waals surface area contributed by atoms with Crippen molar-refractivity contribution in [2.45, 2.75) is 19.8 Å². The number of aryl methyl sites for hydroxylation is 1. The molecule has 1 heterocycles. The lowest BCUT2D eigenvalue weighted by Crippen LogP contribution is -1.98. The second-order valence-corrected chi connectivity index (χ2v) is 4.19. The first-order chi connectivity index (χ1) is 6.34. The molecule has 0 N–H and O–H groups in total. The van der Waals surface area contributed by atoms with Gasteiger partial charge in [-0.2, -0.15) is 0 Å². The van der Waals surface area contributed by atoms with E-state index < -0.39 is 0 Å². The SMILES string of the molecule is Cc1nc(CC#CC2C=CC2)cs1. The third-order valence-corrected chi connectivity index (χ3v) is 2.80. The van der Waals surface area contributed by atoms with Crippen molar-refractivity contribution in [3.63, 3.8) is 0 Å². The Morgan fingerprint density at radius 1 is 1.69 bits per heavy atom. The highest BCUT2D eigenvalue weighted by atomic mass is 32.1. The van der Waals surface area contributed by atoms with Gasteiger partial charge < -0.3 is 0 Å². The highest BCUT2D eigenvalue weighted by Gasteiger charge is 2.04. The Hall–Kier alpha value is -1.07. The van der Waals surface area contributed by atoms with E-state index in [0.29, 0.717) is 5.92 Å². The zero-order chi connectivity index (χ0) is 9.10. The van der Waals surface area contributed by atoms with Crippen molar-refractivity contribution in [1.82, 2.24) is 4.98 Å². The molecule has 2 heteroatoms. The van der Waals surface area contributed by atoms with Crippen molar-refractivity contribution in [3.8, 4) is 11.8 Å². The molecule has 1 atom stereocenters. The number of rotatable bonds is 1. The van der Waals surface area contributed by atoms with Crippen LogP contribution in [0.15, 0.2) is 17.5 Å². The van der Waals surface area contributed by atoms with Crippen LogP contribution in [0, 0.1) is 24.7 Å². The van der Waals surface area contributed by atoms with Gasteiger partial charge in [0.25, 0.3) is 0 Å². The molecule has 1 aliphatic rings. The zero-order valence-corrected chi connectivity index (χ0v) is 8.40. The average Bonchev–Trinajstić information content (AvgIpc) is 2.42. The first-order valence-corrected chi connectivity index (χ1v) is 5.28. The maximum atomic E-state index is 4.35. The van der Waals surface area contributed by atoms with Crippen LogP contribution in [-0.2, 0) is 6.42 Å². The van der Waals surface area contributed by atoms with Crippen LogP contribution in [0.1, 0.15) is 17.1 Å². The van der Waals surface area contributed by atoms with Gasteiger partial charge in [0.05, 0.1) is 17.1 Å². The van der Waals surface area contributed by atoms with Gasteiger partial charge in [0.1, 0.15) is 0 Å². The summed E-state index contributed by atoms with van der Waals surface area (Å²) in [5.74, 6) is 6.88. The number of nitrogens with zero attached hydrogens (tertiary/aromatic N) is 1. The summed E-state index contributed by atoms with van der Waals surface area (Å²) in [6, 6.07) is 0. The lowest BCUT2D eigenvalue weighted by atomic mass is 9.96. The standard InChI is InChI=1S/C11H11NS/c1-9-12-11(8-13-9)7-3-6-10-4-2-5-10/h2,4,8,10H,5,7H2,1H3. The molecule has 0 saturated carbocycles. The van der Waals surface area contributed by atoms with E-state index in [-0.39, 0.29) is 0 Å². The fraction of sp³-hybridized carbons (Fsp3) is 0.364. The van der Waals surface area contributed by atoms with Crippen LogP contribution < -0.4 is 0 Å². The van der Waals surface area contributed by atoms with Crippen molar-refractivity contribution >= 4 is 11.3 Å².